The summed E-state index contributed by atoms with van der Waals surface area (Å²) in [5, 5.41) is 0. The van der Waals surface area contributed by atoms with Crippen LogP contribution in [0.4, 0.5) is 0 Å². The molecule has 5 rings (SSSR count). The van der Waals surface area contributed by atoms with E-state index in [0.717, 1.165) is 24.9 Å². The zero-order valence-corrected chi connectivity index (χ0v) is 19.0. The molecule has 0 spiro atoms. The van der Waals surface area contributed by atoms with Crippen LogP contribution in [-0.4, -0.2) is 0 Å². The lowest BCUT2D eigenvalue weighted by atomic mass is 9.76. The van der Waals surface area contributed by atoms with Gasteiger partial charge in [0.25, 0.3) is 11.4 Å². The highest BCUT2D eigenvalue weighted by molar-refractivity contribution is 5.46. The van der Waals surface area contributed by atoms with Crippen LogP contribution in [0.1, 0.15) is 89.9 Å². The number of aryl methyl sites for hydroxylation is 2. The molecular weight excluding hydrogens is 364 g/mol. The van der Waals surface area contributed by atoms with E-state index in [1.165, 1.54) is 75.6 Å². The smallest absolute Gasteiger partial charge is 0.187 e. The fourth-order valence-electron chi connectivity index (χ4n) is 5.94. The average molecular weight is 407 g/mol. The van der Waals surface area contributed by atoms with Crippen molar-refractivity contribution in [2.75, 3.05) is 0 Å². The second-order valence-corrected chi connectivity index (χ2v) is 9.77. The SMILES string of the molecule is C1CCCC(C2CCCCCCC2)CCC1.c1cc[n+]2c(c1)-c1cccc[n+]1CC2. The predicted octanol–water partition coefficient (Wildman–Crippen LogP) is 6.65. The van der Waals surface area contributed by atoms with E-state index in [1.807, 2.05) is 0 Å². The highest BCUT2D eigenvalue weighted by Crippen LogP contribution is 2.35. The molecule has 0 aromatic carbocycles. The summed E-state index contributed by atoms with van der Waals surface area (Å²) in [7, 11) is 0. The van der Waals surface area contributed by atoms with Gasteiger partial charge in [0.15, 0.2) is 12.4 Å². The molecule has 3 aliphatic rings. The summed E-state index contributed by atoms with van der Waals surface area (Å²) >= 11 is 0. The number of nitrogens with zero attached hydrogens (tertiary/aromatic N) is 2. The fraction of sp³-hybridized carbons (Fsp3) is 0.643. The summed E-state index contributed by atoms with van der Waals surface area (Å²) in [6.45, 7) is 2.13. The molecule has 0 unspecified atom stereocenters. The van der Waals surface area contributed by atoms with Crippen LogP contribution in [0.15, 0.2) is 48.8 Å². The normalized spacial score (nSPS) is 20.9. The van der Waals surface area contributed by atoms with Gasteiger partial charge in [-0.25, -0.2) is 0 Å². The number of pyridine rings is 2. The molecule has 0 radical (unpaired) electrons. The molecule has 1 aliphatic heterocycles. The second kappa shape index (κ2) is 11.6. The van der Waals surface area contributed by atoms with Crippen molar-refractivity contribution < 1.29 is 9.13 Å². The van der Waals surface area contributed by atoms with Gasteiger partial charge in [-0.2, -0.15) is 9.13 Å². The predicted molar refractivity (Wildman–Crippen MR) is 124 cm³/mol. The monoisotopic (exact) mass is 406 g/mol. The molecule has 0 saturated heterocycles. The number of aromatic nitrogens is 2. The summed E-state index contributed by atoms with van der Waals surface area (Å²) in [6, 6.07) is 12.7. The molecule has 2 aromatic rings. The van der Waals surface area contributed by atoms with Gasteiger partial charge in [0, 0.05) is 24.3 Å². The fourth-order valence-corrected chi connectivity index (χ4v) is 5.94. The number of fused-ring (bicyclic) bond motifs is 3. The Bertz CT molecular complexity index is 687. The first-order valence-corrected chi connectivity index (χ1v) is 12.9. The summed E-state index contributed by atoms with van der Waals surface area (Å²) in [5.41, 5.74) is 2.61. The highest BCUT2D eigenvalue weighted by atomic mass is 15.1. The maximum atomic E-state index is 2.30. The zero-order chi connectivity index (χ0) is 20.4. The molecule has 0 bridgehead atoms. The van der Waals surface area contributed by atoms with E-state index in [0.29, 0.717) is 0 Å². The van der Waals surface area contributed by atoms with Crippen molar-refractivity contribution in [3.8, 4) is 11.4 Å². The van der Waals surface area contributed by atoms with Crippen LogP contribution in [-0.2, 0) is 13.1 Å². The number of rotatable bonds is 1. The maximum absolute atomic E-state index is 2.30. The van der Waals surface area contributed by atoms with Crippen LogP contribution in [0.25, 0.3) is 11.4 Å². The molecule has 2 aliphatic carbocycles. The van der Waals surface area contributed by atoms with Gasteiger partial charge in [0.05, 0.1) is 0 Å². The third-order valence-corrected chi connectivity index (χ3v) is 7.69. The Balaban J connectivity index is 0.000000146. The quantitative estimate of drug-likeness (QED) is 0.468. The van der Waals surface area contributed by atoms with Crippen molar-refractivity contribution in [3.63, 3.8) is 0 Å². The number of hydrogen-bond donors (Lipinski definition) is 0. The molecule has 0 atom stereocenters. The summed E-state index contributed by atoms with van der Waals surface area (Å²) < 4.78 is 4.60. The lowest BCUT2D eigenvalue weighted by Gasteiger charge is -2.30. The largest absolute Gasteiger partial charge is 0.277 e. The van der Waals surface area contributed by atoms with Crippen molar-refractivity contribution >= 4 is 0 Å². The second-order valence-electron chi connectivity index (χ2n) is 9.77. The lowest BCUT2D eigenvalue weighted by Crippen LogP contribution is -2.52. The minimum Gasteiger partial charge on any atom is -0.187 e. The standard InChI is InChI=1S/C16H30.C12H12N2/c1-3-7-11-15(12-8-4-1)16-13-9-5-2-6-10-14-16;1-3-7-13-9-10-14-8-4-2-6-12(14)11(13)5-1/h15-16H,1-14H2;1-8H,9-10H2/q;+2. The van der Waals surface area contributed by atoms with E-state index in [4.69, 9.17) is 0 Å². The van der Waals surface area contributed by atoms with E-state index in [9.17, 15) is 0 Å². The molecule has 3 heterocycles. The van der Waals surface area contributed by atoms with Gasteiger partial charge in [-0.05, 0) is 24.0 Å². The van der Waals surface area contributed by atoms with Crippen LogP contribution in [0.2, 0.25) is 0 Å². The van der Waals surface area contributed by atoms with Crippen LogP contribution in [0.5, 0.6) is 0 Å². The van der Waals surface area contributed by atoms with E-state index >= 15 is 0 Å². The lowest BCUT2D eigenvalue weighted by molar-refractivity contribution is -0.794. The van der Waals surface area contributed by atoms with Gasteiger partial charge in [0.2, 0.25) is 13.1 Å². The first-order valence-electron chi connectivity index (χ1n) is 12.9. The van der Waals surface area contributed by atoms with Crippen LogP contribution < -0.4 is 9.13 Å². The van der Waals surface area contributed by atoms with Gasteiger partial charge in [0.1, 0.15) is 0 Å². The molecule has 2 heteroatoms. The average Bonchev–Trinajstić information content (AvgIpc) is 2.75. The third-order valence-electron chi connectivity index (χ3n) is 7.69. The molecule has 2 saturated carbocycles. The Labute approximate surface area is 184 Å². The topological polar surface area (TPSA) is 7.76 Å². The molecular formula is C28H42N2+2. The van der Waals surface area contributed by atoms with E-state index in [1.54, 1.807) is 25.7 Å². The zero-order valence-electron chi connectivity index (χ0n) is 19.0. The molecule has 0 N–H and O–H groups in total. The van der Waals surface area contributed by atoms with Gasteiger partial charge in [-0.15, -0.1) is 0 Å². The van der Waals surface area contributed by atoms with Crippen molar-refractivity contribution in [2.45, 2.75) is 103 Å². The Morgan fingerprint density at radius 1 is 0.467 bits per heavy atom. The van der Waals surface area contributed by atoms with Crippen molar-refractivity contribution in [1.29, 1.82) is 0 Å². The summed E-state index contributed by atoms with van der Waals surface area (Å²) in [4.78, 5) is 0. The van der Waals surface area contributed by atoms with E-state index in [2.05, 4.69) is 57.9 Å². The van der Waals surface area contributed by atoms with E-state index in [-0.39, 0.29) is 0 Å². The Morgan fingerprint density at radius 2 is 0.833 bits per heavy atom. The molecule has 2 fully saturated rings. The molecule has 2 aromatic heterocycles. The van der Waals surface area contributed by atoms with E-state index < -0.39 is 0 Å². The van der Waals surface area contributed by atoms with Crippen LogP contribution in [0, 0.1) is 11.8 Å². The van der Waals surface area contributed by atoms with Gasteiger partial charge in [-0.1, -0.05) is 89.9 Å². The first kappa shape index (κ1) is 21.5. The maximum Gasteiger partial charge on any atom is 0.277 e. The minimum atomic E-state index is 1.07. The van der Waals surface area contributed by atoms with Crippen molar-refractivity contribution in [1.82, 2.24) is 0 Å². The Hall–Kier alpha value is -1.70. The van der Waals surface area contributed by atoms with Crippen molar-refractivity contribution in [2.24, 2.45) is 11.8 Å². The van der Waals surface area contributed by atoms with Gasteiger partial charge >= 0.3 is 0 Å². The summed E-state index contributed by atoms with van der Waals surface area (Å²) in [6.07, 6.45) is 25.7. The molecule has 162 valence electrons. The third kappa shape index (κ3) is 5.93. The molecule has 0 amide bonds. The first-order chi connectivity index (χ1) is 14.9. The van der Waals surface area contributed by atoms with Crippen molar-refractivity contribution in [3.05, 3.63) is 48.8 Å². The number of hydrogen-bond acceptors (Lipinski definition) is 0. The van der Waals surface area contributed by atoms with Gasteiger partial charge < -0.3 is 0 Å². The highest BCUT2D eigenvalue weighted by Gasteiger charge is 2.27. The van der Waals surface area contributed by atoms with Gasteiger partial charge in [-0.3, -0.25) is 0 Å². The summed E-state index contributed by atoms with van der Waals surface area (Å²) in [5.74, 6) is 2.22. The molecule has 30 heavy (non-hydrogen) atoms. The Kier molecular flexibility index (Phi) is 8.34. The van der Waals surface area contributed by atoms with Crippen LogP contribution >= 0.6 is 0 Å². The Morgan fingerprint density at radius 3 is 1.23 bits per heavy atom. The van der Waals surface area contributed by atoms with Crippen LogP contribution in [0.3, 0.4) is 0 Å². The minimum absolute atomic E-state index is 1.07. The molecule has 2 nitrogen and oxygen atoms in total.